The summed E-state index contributed by atoms with van der Waals surface area (Å²) in [6, 6.07) is 7.49. The maximum atomic E-state index is 12.8. The predicted octanol–water partition coefficient (Wildman–Crippen LogP) is 2.39. The van der Waals surface area contributed by atoms with Crippen molar-refractivity contribution in [1.82, 2.24) is 19.8 Å². The Balaban J connectivity index is 1.53. The molecule has 7 heteroatoms. The number of aryl methyl sites for hydroxylation is 1. The molecule has 1 atom stereocenters. The van der Waals surface area contributed by atoms with Crippen molar-refractivity contribution < 1.29 is 9.59 Å². The molecule has 1 unspecified atom stereocenters. The van der Waals surface area contributed by atoms with Gasteiger partial charge < -0.3 is 14.8 Å². The Morgan fingerprint density at radius 1 is 1.17 bits per heavy atom. The van der Waals surface area contributed by atoms with Gasteiger partial charge in [-0.2, -0.15) is 0 Å². The molecule has 0 bridgehead atoms. The zero-order chi connectivity index (χ0) is 21.3. The van der Waals surface area contributed by atoms with Gasteiger partial charge in [-0.15, -0.1) is 0 Å². The van der Waals surface area contributed by atoms with Crippen molar-refractivity contribution >= 4 is 11.8 Å². The molecule has 2 aliphatic rings. The molecule has 3 heterocycles. The van der Waals surface area contributed by atoms with Gasteiger partial charge in [0.15, 0.2) is 0 Å². The number of aromatic nitrogens is 2. The molecule has 4 rings (SSSR count). The Labute approximate surface area is 176 Å². The molecule has 1 N–H and O–H groups in total. The van der Waals surface area contributed by atoms with Gasteiger partial charge in [-0.05, 0) is 31.9 Å². The molecule has 2 aliphatic heterocycles. The first kappa shape index (κ1) is 20.3. The molecular formula is C23H28N4O3. The molecule has 30 heavy (non-hydrogen) atoms. The topological polar surface area (TPSA) is 86.4 Å². The van der Waals surface area contributed by atoms with Crippen LogP contribution in [0.25, 0.3) is 0 Å². The van der Waals surface area contributed by atoms with Gasteiger partial charge in [0.2, 0.25) is 5.91 Å². The zero-order valence-corrected chi connectivity index (χ0v) is 17.6. The van der Waals surface area contributed by atoms with Crippen molar-refractivity contribution in [2.75, 3.05) is 19.6 Å². The predicted molar refractivity (Wildman–Crippen MR) is 113 cm³/mol. The van der Waals surface area contributed by atoms with E-state index in [0.29, 0.717) is 42.9 Å². The molecule has 0 saturated carbocycles. The summed E-state index contributed by atoms with van der Waals surface area (Å²) in [5.74, 6) is 0.806. The molecule has 0 aliphatic carbocycles. The van der Waals surface area contributed by atoms with Crippen LogP contribution in [0.5, 0.6) is 0 Å². The summed E-state index contributed by atoms with van der Waals surface area (Å²) in [5, 5.41) is 0. The van der Waals surface area contributed by atoms with E-state index in [9.17, 15) is 14.4 Å². The molecule has 158 valence electrons. The number of piperidine rings is 1. The van der Waals surface area contributed by atoms with E-state index in [1.54, 1.807) is 4.90 Å². The van der Waals surface area contributed by atoms with Crippen LogP contribution in [0.4, 0.5) is 0 Å². The summed E-state index contributed by atoms with van der Waals surface area (Å²) in [6.07, 6.45) is 2.88. The highest BCUT2D eigenvalue weighted by molar-refractivity contribution is 5.94. The molecule has 2 aromatic rings. The number of benzene rings is 1. The van der Waals surface area contributed by atoms with Crippen molar-refractivity contribution in [2.45, 2.75) is 52.0 Å². The number of carbonyl (C=O) groups excluding carboxylic acids is 2. The van der Waals surface area contributed by atoms with Gasteiger partial charge >= 0.3 is 0 Å². The fraction of sp³-hybridized carbons (Fsp3) is 0.478. The van der Waals surface area contributed by atoms with Gasteiger partial charge in [0, 0.05) is 44.0 Å². The van der Waals surface area contributed by atoms with Gasteiger partial charge in [0.1, 0.15) is 5.82 Å². The Morgan fingerprint density at radius 3 is 2.67 bits per heavy atom. The van der Waals surface area contributed by atoms with Crippen LogP contribution < -0.4 is 5.56 Å². The van der Waals surface area contributed by atoms with Crippen LogP contribution in [0.3, 0.4) is 0 Å². The molecule has 2 amide bonds. The van der Waals surface area contributed by atoms with Crippen LogP contribution in [-0.4, -0.2) is 51.2 Å². The number of carbonyl (C=O) groups is 2. The summed E-state index contributed by atoms with van der Waals surface area (Å²) in [4.78, 5) is 49.0. The third-order valence-corrected chi connectivity index (χ3v) is 6.14. The minimum Gasteiger partial charge on any atom is -0.342 e. The molecule has 7 nitrogen and oxygen atoms in total. The van der Waals surface area contributed by atoms with E-state index in [0.717, 1.165) is 30.6 Å². The molecular weight excluding hydrogens is 380 g/mol. The van der Waals surface area contributed by atoms with Crippen LogP contribution in [0, 0.1) is 6.92 Å². The highest BCUT2D eigenvalue weighted by atomic mass is 16.2. The lowest BCUT2D eigenvalue weighted by Crippen LogP contribution is -2.42. The first-order valence-electron chi connectivity index (χ1n) is 10.7. The van der Waals surface area contributed by atoms with Crippen molar-refractivity contribution in [3.05, 3.63) is 62.8 Å². The number of nitrogens with one attached hydrogen (secondary N) is 1. The lowest BCUT2D eigenvalue weighted by atomic mass is 9.96. The van der Waals surface area contributed by atoms with Crippen LogP contribution in [-0.2, 0) is 17.8 Å². The zero-order valence-electron chi connectivity index (χ0n) is 17.6. The third kappa shape index (κ3) is 4.01. The quantitative estimate of drug-likeness (QED) is 0.845. The van der Waals surface area contributed by atoms with E-state index < -0.39 is 0 Å². The van der Waals surface area contributed by atoms with E-state index in [1.165, 1.54) is 0 Å². The van der Waals surface area contributed by atoms with Crippen LogP contribution in [0.2, 0.25) is 0 Å². The van der Waals surface area contributed by atoms with Crippen molar-refractivity contribution in [3.63, 3.8) is 0 Å². The average molecular weight is 409 g/mol. The molecule has 0 radical (unpaired) electrons. The van der Waals surface area contributed by atoms with Gasteiger partial charge in [0.05, 0.1) is 17.8 Å². The summed E-state index contributed by atoms with van der Waals surface area (Å²) < 4.78 is 0. The van der Waals surface area contributed by atoms with Crippen molar-refractivity contribution in [1.29, 1.82) is 0 Å². The standard InChI is InChI=1S/C23H28N4O3/c1-3-20(28)26-11-4-5-17(13-26)21-24-19-10-12-27(14-18(19)22(29)25-21)23(30)16-8-6-15(2)7-9-16/h6-9,17H,3-5,10-14H2,1-2H3,(H,24,25,29). The summed E-state index contributed by atoms with van der Waals surface area (Å²) in [7, 11) is 0. The lowest BCUT2D eigenvalue weighted by Gasteiger charge is -2.33. The molecule has 1 aromatic heterocycles. The number of H-pyrrole nitrogens is 1. The number of nitrogens with zero attached hydrogens (tertiary/aromatic N) is 3. The molecule has 1 fully saturated rings. The van der Waals surface area contributed by atoms with Crippen LogP contribution in [0.1, 0.15) is 65.1 Å². The maximum Gasteiger partial charge on any atom is 0.256 e. The highest BCUT2D eigenvalue weighted by Gasteiger charge is 2.29. The minimum absolute atomic E-state index is 0.0551. The summed E-state index contributed by atoms with van der Waals surface area (Å²) in [5.41, 5.74) is 2.91. The number of fused-ring (bicyclic) bond motifs is 1. The summed E-state index contributed by atoms with van der Waals surface area (Å²) >= 11 is 0. The van der Waals surface area contributed by atoms with Crippen LogP contribution >= 0.6 is 0 Å². The van der Waals surface area contributed by atoms with Crippen molar-refractivity contribution in [3.8, 4) is 0 Å². The van der Waals surface area contributed by atoms with Crippen LogP contribution in [0.15, 0.2) is 29.1 Å². The second kappa shape index (κ2) is 8.42. The largest absolute Gasteiger partial charge is 0.342 e. The van der Waals surface area contributed by atoms with Gasteiger partial charge in [-0.25, -0.2) is 4.98 Å². The van der Waals surface area contributed by atoms with E-state index in [1.807, 2.05) is 43.0 Å². The SMILES string of the molecule is CCC(=O)N1CCCC(c2nc3c(c(=O)[nH]2)CN(C(=O)c2ccc(C)cc2)CC3)C1. The van der Waals surface area contributed by atoms with Gasteiger partial charge in [-0.1, -0.05) is 24.6 Å². The third-order valence-electron chi connectivity index (χ3n) is 6.14. The second-order valence-corrected chi connectivity index (χ2v) is 8.25. The first-order chi connectivity index (χ1) is 14.5. The Morgan fingerprint density at radius 2 is 1.93 bits per heavy atom. The minimum atomic E-state index is -0.171. The molecule has 1 aromatic carbocycles. The van der Waals surface area contributed by atoms with Gasteiger partial charge in [0.25, 0.3) is 11.5 Å². The normalized spacial score (nSPS) is 18.8. The van der Waals surface area contributed by atoms with E-state index in [2.05, 4.69) is 4.98 Å². The van der Waals surface area contributed by atoms with E-state index in [4.69, 9.17) is 4.98 Å². The van der Waals surface area contributed by atoms with Gasteiger partial charge in [-0.3, -0.25) is 14.4 Å². The first-order valence-corrected chi connectivity index (χ1v) is 10.7. The summed E-state index contributed by atoms with van der Waals surface area (Å²) in [6.45, 7) is 6.05. The lowest BCUT2D eigenvalue weighted by molar-refractivity contribution is -0.132. The monoisotopic (exact) mass is 408 g/mol. The maximum absolute atomic E-state index is 12.8. The molecule has 1 saturated heterocycles. The number of aromatic amines is 1. The number of likely N-dealkylation sites (tertiary alicyclic amines) is 1. The number of hydrogen-bond donors (Lipinski definition) is 1. The number of amides is 2. The second-order valence-electron chi connectivity index (χ2n) is 8.25. The van der Waals surface area contributed by atoms with E-state index in [-0.39, 0.29) is 29.8 Å². The number of hydrogen-bond acceptors (Lipinski definition) is 4. The fourth-order valence-electron chi connectivity index (χ4n) is 4.34. The average Bonchev–Trinajstić information content (AvgIpc) is 2.78. The number of rotatable bonds is 3. The smallest absolute Gasteiger partial charge is 0.256 e. The Kier molecular flexibility index (Phi) is 5.70. The van der Waals surface area contributed by atoms with Crippen molar-refractivity contribution in [2.24, 2.45) is 0 Å². The Hall–Kier alpha value is -2.96. The fourth-order valence-corrected chi connectivity index (χ4v) is 4.34. The molecule has 0 spiro atoms. The Bertz CT molecular complexity index is 1010. The van der Waals surface area contributed by atoms with E-state index >= 15 is 0 Å². The highest BCUT2D eigenvalue weighted by Crippen LogP contribution is 2.26.